The van der Waals surface area contributed by atoms with E-state index < -0.39 is 0 Å². The van der Waals surface area contributed by atoms with Crippen molar-refractivity contribution < 1.29 is 14.3 Å². The van der Waals surface area contributed by atoms with E-state index in [4.69, 9.17) is 6.42 Å². The van der Waals surface area contributed by atoms with Crippen LogP contribution >= 0.6 is 0 Å². The predicted molar refractivity (Wildman–Crippen MR) is 59.4 cm³/mol. The SMILES string of the molecule is C#CCC(=O)N1CCCCC1CC(=O)OC. The lowest BCUT2D eigenvalue weighted by molar-refractivity contribution is -0.144. The average molecular weight is 223 g/mol. The number of piperidine rings is 1. The van der Waals surface area contributed by atoms with Crippen molar-refractivity contribution in [1.82, 2.24) is 4.90 Å². The summed E-state index contributed by atoms with van der Waals surface area (Å²) in [7, 11) is 1.36. The zero-order chi connectivity index (χ0) is 12.0. The molecule has 16 heavy (non-hydrogen) atoms. The third kappa shape index (κ3) is 3.27. The summed E-state index contributed by atoms with van der Waals surface area (Å²) in [6.45, 7) is 0.697. The van der Waals surface area contributed by atoms with E-state index in [1.54, 1.807) is 4.90 Å². The maximum absolute atomic E-state index is 11.7. The number of carbonyl (C=O) groups is 2. The minimum atomic E-state index is -0.273. The Morgan fingerprint density at radius 3 is 2.88 bits per heavy atom. The molecule has 0 saturated carbocycles. The number of methoxy groups -OCH3 is 1. The van der Waals surface area contributed by atoms with Crippen molar-refractivity contribution in [2.75, 3.05) is 13.7 Å². The van der Waals surface area contributed by atoms with Crippen LogP contribution in [0.1, 0.15) is 32.1 Å². The van der Waals surface area contributed by atoms with Crippen LogP contribution < -0.4 is 0 Å². The minimum Gasteiger partial charge on any atom is -0.469 e. The largest absolute Gasteiger partial charge is 0.469 e. The molecular formula is C12H17NO3. The maximum Gasteiger partial charge on any atom is 0.307 e. The van der Waals surface area contributed by atoms with Crippen LogP contribution in [0.2, 0.25) is 0 Å². The van der Waals surface area contributed by atoms with Crippen LogP contribution in [0.15, 0.2) is 0 Å². The zero-order valence-electron chi connectivity index (χ0n) is 9.57. The Kier molecular flexibility index (Phi) is 4.84. The van der Waals surface area contributed by atoms with Gasteiger partial charge in [0.05, 0.1) is 20.0 Å². The second-order valence-corrected chi connectivity index (χ2v) is 3.90. The molecule has 0 aromatic carbocycles. The van der Waals surface area contributed by atoms with Crippen molar-refractivity contribution in [3.05, 3.63) is 0 Å². The molecule has 1 saturated heterocycles. The standard InChI is InChI=1S/C12H17NO3/c1-3-6-11(14)13-8-5-4-7-10(13)9-12(15)16-2/h1,10H,4-9H2,2H3. The Bertz CT molecular complexity index is 306. The molecule has 1 heterocycles. The van der Waals surface area contributed by atoms with Gasteiger partial charge in [0.25, 0.3) is 0 Å². The lowest BCUT2D eigenvalue weighted by atomic mass is 9.99. The second-order valence-electron chi connectivity index (χ2n) is 3.90. The summed E-state index contributed by atoms with van der Waals surface area (Å²) in [4.78, 5) is 24.6. The molecule has 1 aliphatic rings. The van der Waals surface area contributed by atoms with Crippen molar-refractivity contribution in [3.8, 4) is 12.3 Å². The van der Waals surface area contributed by atoms with E-state index in [2.05, 4.69) is 10.7 Å². The number of ether oxygens (including phenoxy) is 1. The highest BCUT2D eigenvalue weighted by Gasteiger charge is 2.28. The average Bonchev–Trinajstić information content (AvgIpc) is 2.30. The minimum absolute atomic E-state index is 0.0398. The van der Waals surface area contributed by atoms with Gasteiger partial charge in [-0.2, -0.15) is 0 Å². The summed E-state index contributed by atoms with van der Waals surface area (Å²) in [6.07, 6.45) is 8.38. The summed E-state index contributed by atoms with van der Waals surface area (Å²) < 4.78 is 4.62. The predicted octanol–water partition coefficient (Wildman–Crippen LogP) is 0.954. The molecule has 1 fully saturated rings. The number of likely N-dealkylation sites (tertiary alicyclic amines) is 1. The third-order valence-electron chi connectivity index (χ3n) is 2.83. The van der Waals surface area contributed by atoms with Gasteiger partial charge < -0.3 is 9.64 Å². The third-order valence-corrected chi connectivity index (χ3v) is 2.83. The molecule has 0 aromatic rings. The first-order chi connectivity index (χ1) is 7.69. The van der Waals surface area contributed by atoms with Crippen molar-refractivity contribution in [2.45, 2.75) is 38.1 Å². The number of rotatable bonds is 3. The molecule has 1 aliphatic heterocycles. The lowest BCUT2D eigenvalue weighted by Crippen LogP contribution is -2.44. The van der Waals surface area contributed by atoms with Crippen LogP contribution in [-0.2, 0) is 14.3 Å². The highest BCUT2D eigenvalue weighted by Crippen LogP contribution is 2.20. The van der Waals surface area contributed by atoms with Crippen LogP contribution in [0.3, 0.4) is 0 Å². The first kappa shape index (κ1) is 12.6. The van der Waals surface area contributed by atoms with Gasteiger partial charge in [0.1, 0.15) is 0 Å². The lowest BCUT2D eigenvalue weighted by Gasteiger charge is -2.34. The maximum atomic E-state index is 11.7. The fourth-order valence-electron chi connectivity index (χ4n) is 2.01. The van der Waals surface area contributed by atoms with Gasteiger partial charge in [-0.05, 0) is 19.3 Å². The van der Waals surface area contributed by atoms with Gasteiger partial charge in [0.2, 0.25) is 5.91 Å². The van der Waals surface area contributed by atoms with Crippen molar-refractivity contribution in [2.24, 2.45) is 0 Å². The van der Waals surface area contributed by atoms with Crippen LogP contribution in [-0.4, -0.2) is 36.5 Å². The molecule has 1 unspecified atom stereocenters. The van der Waals surface area contributed by atoms with Crippen molar-refractivity contribution in [1.29, 1.82) is 0 Å². The quantitative estimate of drug-likeness (QED) is 0.528. The topological polar surface area (TPSA) is 46.6 Å². The van der Waals surface area contributed by atoms with Gasteiger partial charge >= 0.3 is 5.97 Å². The van der Waals surface area contributed by atoms with E-state index in [-0.39, 0.29) is 30.8 Å². The highest BCUT2D eigenvalue weighted by molar-refractivity contribution is 5.80. The molecule has 0 aromatic heterocycles. The molecule has 4 nitrogen and oxygen atoms in total. The normalized spacial score (nSPS) is 20.0. The zero-order valence-corrected chi connectivity index (χ0v) is 9.57. The summed E-state index contributed by atoms with van der Waals surface area (Å²) in [5.74, 6) is 2.01. The second kappa shape index (κ2) is 6.16. The first-order valence-electron chi connectivity index (χ1n) is 5.48. The van der Waals surface area contributed by atoms with Gasteiger partial charge in [-0.3, -0.25) is 9.59 Å². The van der Waals surface area contributed by atoms with Crippen LogP contribution in [0.4, 0.5) is 0 Å². The molecule has 0 aliphatic carbocycles. The van der Waals surface area contributed by atoms with Crippen LogP contribution in [0.25, 0.3) is 0 Å². The fraction of sp³-hybridized carbons (Fsp3) is 0.667. The van der Waals surface area contributed by atoms with Gasteiger partial charge in [-0.25, -0.2) is 0 Å². The molecule has 1 rings (SSSR count). The highest BCUT2D eigenvalue weighted by atomic mass is 16.5. The molecule has 0 spiro atoms. The summed E-state index contributed by atoms with van der Waals surface area (Å²) in [5.41, 5.74) is 0. The number of amides is 1. The van der Waals surface area contributed by atoms with Crippen LogP contribution in [0, 0.1) is 12.3 Å². The molecule has 4 heteroatoms. The van der Waals surface area contributed by atoms with E-state index in [0.717, 1.165) is 19.3 Å². The molecule has 0 bridgehead atoms. The fourth-order valence-corrected chi connectivity index (χ4v) is 2.01. The van der Waals surface area contributed by atoms with E-state index in [9.17, 15) is 9.59 Å². The Morgan fingerprint density at radius 2 is 2.25 bits per heavy atom. The van der Waals surface area contributed by atoms with E-state index in [1.165, 1.54) is 7.11 Å². The Morgan fingerprint density at radius 1 is 1.50 bits per heavy atom. The molecule has 1 amide bonds. The van der Waals surface area contributed by atoms with E-state index >= 15 is 0 Å². The van der Waals surface area contributed by atoms with E-state index in [0.29, 0.717) is 6.54 Å². The Balaban J connectivity index is 2.60. The van der Waals surface area contributed by atoms with Gasteiger partial charge in [0.15, 0.2) is 0 Å². The number of carbonyl (C=O) groups excluding carboxylic acids is 2. The molecule has 1 atom stereocenters. The van der Waals surface area contributed by atoms with Crippen molar-refractivity contribution in [3.63, 3.8) is 0 Å². The Hall–Kier alpha value is -1.50. The molecule has 0 radical (unpaired) electrons. The summed E-state index contributed by atoms with van der Waals surface area (Å²) in [6, 6.07) is -0.0398. The summed E-state index contributed by atoms with van der Waals surface area (Å²) >= 11 is 0. The number of esters is 1. The molecule has 0 N–H and O–H groups in total. The molecule has 88 valence electrons. The van der Waals surface area contributed by atoms with Gasteiger partial charge in [-0.15, -0.1) is 6.42 Å². The van der Waals surface area contributed by atoms with Crippen molar-refractivity contribution >= 4 is 11.9 Å². The molecular weight excluding hydrogens is 206 g/mol. The number of hydrogen-bond acceptors (Lipinski definition) is 3. The van der Waals surface area contributed by atoms with Crippen LogP contribution in [0.5, 0.6) is 0 Å². The number of hydrogen-bond donors (Lipinski definition) is 0. The van der Waals surface area contributed by atoms with Gasteiger partial charge in [0, 0.05) is 12.6 Å². The first-order valence-corrected chi connectivity index (χ1v) is 5.48. The smallest absolute Gasteiger partial charge is 0.307 e. The van der Waals surface area contributed by atoms with E-state index in [1.807, 2.05) is 0 Å². The number of terminal acetylenes is 1. The Labute approximate surface area is 95.9 Å². The van der Waals surface area contributed by atoms with Gasteiger partial charge in [-0.1, -0.05) is 5.92 Å². The summed E-state index contributed by atoms with van der Waals surface area (Å²) in [5, 5.41) is 0. The monoisotopic (exact) mass is 223 g/mol. The number of nitrogens with zero attached hydrogens (tertiary/aromatic N) is 1.